The number of furan rings is 1. The Hall–Kier alpha value is -7.36. The fourth-order valence-electron chi connectivity index (χ4n) is 8.36. The molecule has 0 aliphatic heterocycles. The van der Waals surface area contributed by atoms with Crippen LogP contribution >= 0.6 is 0 Å². The Bertz CT molecular complexity index is 3180. The highest BCUT2D eigenvalue weighted by Gasteiger charge is 2.18. The maximum Gasteiger partial charge on any atom is 0.136 e. The molecule has 0 spiro atoms. The summed E-state index contributed by atoms with van der Waals surface area (Å²) in [6.07, 6.45) is 0. The van der Waals surface area contributed by atoms with E-state index < -0.39 is 0 Å². The number of para-hydroxylation sites is 2. The van der Waals surface area contributed by atoms with E-state index in [1.54, 1.807) is 0 Å². The zero-order chi connectivity index (χ0) is 36.3. The Morgan fingerprint density at radius 3 is 1.67 bits per heavy atom. The van der Waals surface area contributed by atoms with Crippen LogP contribution < -0.4 is 4.90 Å². The molecule has 2 aromatic heterocycles. The van der Waals surface area contributed by atoms with Crippen molar-refractivity contribution in [3.63, 3.8) is 0 Å². The minimum atomic E-state index is 0.898. The number of hydrogen-bond donors (Lipinski definition) is 0. The molecule has 0 aliphatic carbocycles. The molecule has 3 nitrogen and oxygen atoms in total. The highest BCUT2D eigenvalue weighted by molar-refractivity contribution is 6.19. The van der Waals surface area contributed by atoms with Crippen molar-refractivity contribution in [2.75, 3.05) is 4.90 Å². The average Bonchev–Trinajstić information content (AvgIpc) is 3.80. The fraction of sp³-hybridized carbons (Fsp3) is 0. The SMILES string of the molecule is c1ccc(-c2ccc(N(c3ccc(-c4ccc5c(c4)oc4ccc6ccccc6c45)cc3)c3ccc4c5ccccc5n(-c5ccccc5)c4c3)cc2)cc1. The number of nitrogens with zero attached hydrogens (tertiary/aromatic N) is 2. The van der Waals surface area contributed by atoms with Gasteiger partial charge in [0.2, 0.25) is 0 Å². The molecule has 0 radical (unpaired) electrons. The van der Waals surface area contributed by atoms with Crippen molar-refractivity contribution in [1.82, 2.24) is 4.57 Å². The first-order chi connectivity index (χ1) is 27.3. The molecule has 0 aliphatic rings. The van der Waals surface area contributed by atoms with Crippen molar-refractivity contribution in [3.8, 4) is 27.9 Å². The molecule has 0 bridgehead atoms. The molecule has 0 atom stereocenters. The predicted molar refractivity (Wildman–Crippen MR) is 231 cm³/mol. The van der Waals surface area contributed by atoms with E-state index in [4.69, 9.17) is 4.42 Å². The maximum atomic E-state index is 6.43. The van der Waals surface area contributed by atoms with Crippen molar-refractivity contribution in [2.24, 2.45) is 0 Å². The highest BCUT2D eigenvalue weighted by atomic mass is 16.3. The quantitative estimate of drug-likeness (QED) is 0.172. The largest absolute Gasteiger partial charge is 0.456 e. The summed E-state index contributed by atoms with van der Waals surface area (Å²) in [5, 5.41) is 7.22. The molecule has 11 rings (SSSR count). The van der Waals surface area contributed by atoms with E-state index in [-0.39, 0.29) is 0 Å². The smallest absolute Gasteiger partial charge is 0.136 e. The van der Waals surface area contributed by atoms with Crippen LogP contribution in [0.4, 0.5) is 17.1 Å². The van der Waals surface area contributed by atoms with E-state index in [0.29, 0.717) is 0 Å². The lowest BCUT2D eigenvalue weighted by atomic mass is 10.0. The normalized spacial score (nSPS) is 11.6. The highest BCUT2D eigenvalue weighted by Crippen LogP contribution is 2.41. The third-order valence-electron chi connectivity index (χ3n) is 11.0. The molecular formula is C52H34N2O. The van der Waals surface area contributed by atoms with Gasteiger partial charge in [-0.25, -0.2) is 0 Å². The van der Waals surface area contributed by atoms with Crippen molar-refractivity contribution in [2.45, 2.75) is 0 Å². The van der Waals surface area contributed by atoms with Gasteiger partial charge in [0, 0.05) is 44.3 Å². The fourth-order valence-corrected chi connectivity index (χ4v) is 8.36. The Kier molecular flexibility index (Phi) is 7.17. The predicted octanol–water partition coefficient (Wildman–Crippen LogP) is 14.6. The molecule has 11 aromatic rings. The molecule has 0 saturated carbocycles. The van der Waals surface area contributed by atoms with E-state index in [1.165, 1.54) is 49.1 Å². The summed E-state index contributed by atoms with van der Waals surface area (Å²) >= 11 is 0. The Morgan fingerprint density at radius 1 is 0.345 bits per heavy atom. The van der Waals surface area contributed by atoms with Crippen molar-refractivity contribution < 1.29 is 4.42 Å². The molecule has 0 saturated heterocycles. The van der Waals surface area contributed by atoms with Crippen molar-refractivity contribution in [1.29, 1.82) is 0 Å². The van der Waals surface area contributed by atoms with Crippen LogP contribution in [0.15, 0.2) is 211 Å². The van der Waals surface area contributed by atoms with Crippen molar-refractivity contribution >= 4 is 71.6 Å². The number of benzene rings is 9. The number of anilines is 3. The second-order valence-electron chi connectivity index (χ2n) is 14.2. The standard InChI is InChI=1S/C52H34N2O/c1-3-11-35(12-4-1)36-19-25-41(26-20-36)53(43-29-31-46-45-17-9-10-18-48(45)54(49(46)34-43)40-14-5-2-6-15-40)42-27-21-37(22-28-42)39-23-30-47-51(33-39)55-50-32-24-38-13-7-8-16-44(38)52(47)50/h1-34H. The Morgan fingerprint density at radius 2 is 0.909 bits per heavy atom. The van der Waals surface area contributed by atoms with E-state index >= 15 is 0 Å². The first kappa shape index (κ1) is 31.2. The van der Waals surface area contributed by atoms with Crippen LogP contribution in [0.25, 0.3) is 82.5 Å². The monoisotopic (exact) mass is 702 g/mol. The molecule has 9 aromatic carbocycles. The Balaban J connectivity index is 1.04. The molecule has 2 heterocycles. The summed E-state index contributed by atoms with van der Waals surface area (Å²) in [5.41, 5.74) is 13.2. The number of fused-ring (bicyclic) bond motifs is 8. The first-order valence-corrected chi connectivity index (χ1v) is 18.8. The van der Waals surface area contributed by atoms with Gasteiger partial charge in [-0.15, -0.1) is 0 Å². The number of aromatic nitrogens is 1. The number of rotatable bonds is 6. The van der Waals surface area contributed by atoms with Gasteiger partial charge >= 0.3 is 0 Å². The molecule has 55 heavy (non-hydrogen) atoms. The van der Waals surface area contributed by atoms with Gasteiger partial charge in [-0.05, 0) is 106 Å². The van der Waals surface area contributed by atoms with Crippen LogP contribution in [0.2, 0.25) is 0 Å². The van der Waals surface area contributed by atoms with Gasteiger partial charge < -0.3 is 13.9 Å². The van der Waals surface area contributed by atoms with Gasteiger partial charge in [-0.3, -0.25) is 0 Å². The minimum absolute atomic E-state index is 0.898. The second-order valence-corrected chi connectivity index (χ2v) is 14.2. The average molecular weight is 703 g/mol. The van der Waals surface area contributed by atoms with Crippen LogP contribution in [-0.4, -0.2) is 4.57 Å². The Labute approximate surface area is 318 Å². The molecule has 0 unspecified atom stereocenters. The maximum absolute atomic E-state index is 6.43. The summed E-state index contributed by atoms with van der Waals surface area (Å²) in [5.74, 6) is 0. The van der Waals surface area contributed by atoms with E-state index in [0.717, 1.165) is 50.4 Å². The summed E-state index contributed by atoms with van der Waals surface area (Å²) in [6, 6.07) is 73.9. The van der Waals surface area contributed by atoms with Crippen molar-refractivity contribution in [3.05, 3.63) is 206 Å². The van der Waals surface area contributed by atoms with E-state index in [2.05, 4.69) is 216 Å². The van der Waals surface area contributed by atoms with Gasteiger partial charge in [0.05, 0.1) is 11.0 Å². The van der Waals surface area contributed by atoms with Crippen LogP contribution in [0.1, 0.15) is 0 Å². The lowest BCUT2D eigenvalue weighted by Gasteiger charge is -2.26. The molecule has 3 heteroatoms. The summed E-state index contributed by atoms with van der Waals surface area (Å²) < 4.78 is 8.81. The third kappa shape index (κ3) is 5.20. The molecular weight excluding hydrogens is 669 g/mol. The lowest BCUT2D eigenvalue weighted by molar-refractivity contribution is 0.669. The zero-order valence-corrected chi connectivity index (χ0v) is 29.9. The minimum Gasteiger partial charge on any atom is -0.456 e. The molecule has 0 fully saturated rings. The van der Waals surface area contributed by atoms with Gasteiger partial charge in [0.1, 0.15) is 11.2 Å². The van der Waals surface area contributed by atoms with Crippen LogP contribution in [-0.2, 0) is 0 Å². The molecule has 0 N–H and O–H groups in total. The summed E-state index contributed by atoms with van der Waals surface area (Å²) in [7, 11) is 0. The topological polar surface area (TPSA) is 21.3 Å². The van der Waals surface area contributed by atoms with Gasteiger partial charge in [0.25, 0.3) is 0 Å². The van der Waals surface area contributed by atoms with Gasteiger partial charge in [-0.2, -0.15) is 0 Å². The lowest BCUT2D eigenvalue weighted by Crippen LogP contribution is -2.10. The number of hydrogen-bond acceptors (Lipinski definition) is 2. The van der Waals surface area contributed by atoms with Crippen LogP contribution in [0.3, 0.4) is 0 Å². The summed E-state index contributed by atoms with van der Waals surface area (Å²) in [6.45, 7) is 0. The van der Waals surface area contributed by atoms with Gasteiger partial charge in [0.15, 0.2) is 0 Å². The molecule has 0 amide bonds. The van der Waals surface area contributed by atoms with E-state index in [1.807, 2.05) is 0 Å². The zero-order valence-electron chi connectivity index (χ0n) is 29.9. The third-order valence-corrected chi connectivity index (χ3v) is 11.0. The second kappa shape index (κ2) is 12.6. The summed E-state index contributed by atoms with van der Waals surface area (Å²) in [4.78, 5) is 2.36. The molecule has 258 valence electrons. The van der Waals surface area contributed by atoms with Gasteiger partial charge in [-0.1, -0.05) is 133 Å². The van der Waals surface area contributed by atoms with Crippen LogP contribution in [0.5, 0.6) is 0 Å². The first-order valence-electron chi connectivity index (χ1n) is 18.8. The van der Waals surface area contributed by atoms with Crippen LogP contribution in [0, 0.1) is 0 Å². The van der Waals surface area contributed by atoms with E-state index in [9.17, 15) is 0 Å².